The average Bonchev–Trinajstić information content (AvgIpc) is 3.17. The van der Waals surface area contributed by atoms with E-state index in [1.165, 1.54) is 175 Å². The van der Waals surface area contributed by atoms with E-state index in [0.717, 1.165) is 24.9 Å². The van der Waals surface area contributed by atoms with Crippen LogP contribution in [0.5, 0.6) is 0 Å². The summed E-state index contributed by atoms with van der Waals surface area (Å²) in [7, 11) is 59.6. The first-order chi connectivity index (χ1) is 27.8. The van der Waals surface area contributed by atoms with Crippen molar-refractivity contribution in [3.63, 3.8) is 0 Å². The molecule has 4 unspecified atom stereocenters. The molecule has 3 aromatic carbocycles. The van der Waals surface area contributed by atoms with E-state index < -0.39 is 56.8 Å². The van der Waals surface area contributed by atoms with E-state index in [1.54, 1.807) is 24.3 Å². The number of anilines is 1. The summed E-state index contributed by atoms with van der Waals surface area (Å²) in [4.78, 5) is 0. The molecule has 0 spiro atoms. The van der Waals surface area contributed by atoms with E-state index in [4.69, 9.17) is 147 Å². The Balaban J connectivity index is -0.000000138. The van der Waals surface area contributed by atoms with Gasteiger partial charge in [-0.15, -0.1) is 11.4 Å². The summed E-state index contributed by atoms with van der Waals surface area (Å²) in [6.45, 7) is 9.96. The quantitative estimate of drug-likeness (QED) is 0.117. The average molecular weight is 1910 g/mol. The second-order valence-corrected chi connectivity index (χ2v) is 57.5. The fraction of sp³-hybridized carbons (Fsp3) is 0.441. The topological polar surface area (TPSA) is 149 Å². The van der Waals surface area contributed by atoms with Crippen molar-refractivity contribution in [1.29, 1.82) is 0 Å². The van der Waals surface area contributed by atoms with Crippen molar-refractivity contribution in [3.8, 4) is 0 Å². The fourth-order valence-corrected chi connectivity index (χ4v) is 4.07. The van der Waals surface area contributed by atoms with E-state index >= 15 is 0 Å². The minimum absolute atomic E-state index is 0.142. The molecule has 4 atom stereocenters. The zero-order chi connectivity index (χ0) is 48.3. The zero-order valence-electron chi connectivity index (χ0n) is 34.6. The molecule has 0 saturated heterocycles. The molecule has 0 aromatic heterocycles. The molecule has 5 rings (SSSR count). The normalized spacial score (nSPS) is 17.8. The molecule has 346 valence electrons. The van der Waals surface area contributed by atoms with Gasteiger partial charge in [0.2, 0.25) is 0 Å². The molecule has 3 aromatic rings. The van der Waals surface area contributed by atoms with Crippen molar-refractivity contribution in [2.24, 2.45) is 17.4 Å². The van der Waals surface area contributed by atoms with Crippen molar-refractivity contribution in [1.82, 2.24) is 0 Å². The van der Waals surface area contributed by atoms with Crippen LogP contribution in [-0.2, 0) is 56.8 Å². The third-order valence-electron chi connectivity index (χ3n) is 6.96. The van der Waals surface area contributed by atoms with Gasteiger partial charge in [-0.2, -0.15) is 12.0 Å². The van der Waals surface area contributed by atoms with E-state index in [-0.39, 0.29) is 18.1 Å². The van der Waals surface area contributed by atoms with Gasteiger partial charge in [0, 0.05) is 17.8 Å². The first kappa shape index (κ1) is 81.1. The van der Waals surface area contributed by atoms with Crippen LogP contribution in [0.15, 0.2) is 72.8 Å². The molecule has 6 nitrogen and oxygen atoms in total. The zero-order valence-corrected chi connectivity index (χ0v) is 65.3. The number of aryl methyl sites for hydroxylation is 3. The Morgan fingerprint density at radius 3 is 0.917 bits per heavy atom. The van der Waals surface area contributed by atoms with Crippen LogP contribution in [0.2, 0.25) is 0 Å². The standard InChI is InChI=1S/C7H9N.2C7H8N.C7H13N.C6H14N2.12ClH.4K.4Pt/c3*1-6-2-4-7(8)5-3-6;1-6-4-2-3-5-7(6)8;7-5-3-1-2-4-6(5)8;;;;;;;;;;;;;;;;;;;;/h2-5H,8H2,1H3;2*2-5,8H,1H3;6-8H,1-5H2;5-6H,1-4,7-8H2;12*1H;;;;;;;;/q;2*-1;-2;;;;;;;;;;;;;;;;;;4*+4/p-12. The fourth-order valence-electron chi connectivity index (χ4n) is 4.07. The van der Waals surface area contributed by atoms with Gasteiger partial charge in [-0.3, -0.25) is 0 Å². The van der Waals surface area contributed by atoms with Crippen molar-refractivity contribution >= 4 is 256 Å². The van der Waals surface area contributed by atoms with Crippen LogP contribution in [-0.4, -0.2) is 144 Å². The van der Waals surface area contributed by atoms with Crippen LogP contribution in [0.4, 0.5) is 17.1 Å². The summed E-state index contributed by atoms with van der Waals surface area (Å²) < 4.78 is 0. The Hall–Kier alpha value is 9.72. The molecule has 2 saturated carbocycles. The van der Waals surface area contributed by atoms with Gasteiger partial charge < -0.3 is 41.3 Å². The number of nitrogens with one attached hydrogen (secondary N) is 3. The van der Waals surface area contributed by atoms with Crippen LogP contribution in [0.25, 0.3) is 17.2 Å². The summed E-state index contributed by atoms with van der Waals surface area (Å²) in [5, 5.41) is 0. The molecule has 2 aliphatic rings. The summed E-state index contributed by atoms with van der Waals surface area (Å²) >= 11 is -2.06. The Bertz CT molecular complexity index is 1070. The molecule has 0 bridgehead atoms. The van der Waals surface area contributed by atoms with Gasteiger partial charge in [0.25, 0.3) is 0 Å². The Labute approximate surface area is 524 Å². The van der Waals surface area contributed by atoms with Crippen molar-refractivity contribution in [2.45, 2.75) is 90.3 Å². The number of rotatable bonds is 0. The van der Waals surface area contributed by atoms with Gasteiger partial charge in [0.1, 0.15) is 0 Å². The van der Waals surface area contributed by atoms with Gasteiger partial charge in [0.15, 0.2) is 0 Å². The predicted octanol–water partition coefficient (Wildman–Crippen LogP) is 16.3. The third kappa shape index (κ3) is 79.1. The molecular weight excluding hydrogens is 1850 g/mol. The van der Waals surface area contributed by atoms with Gasteiger partial charge in [-0.25, -0.2) is 0 Å². The molecule has 0 aliphatic heterocycles. The molecular formula is C34H52Cl12K4N6Pt4. The SMILES string of the molecule is Cc1ccc(N)cc1.Cc1ccc([NH-])cc1.Cc1ccc([NH-])cc1.NC1CCCCC1N.[CH2-]C1CCCCC1[NH-].[Cl][Pt+2][Cl].[Cl][Pt+2][Cl].[Cl][Pt]([Cl])([Cl])[Cl].[Cl][Pt]([Cl])([Cl])[Cl].[K][K].[K][K]. The Kier molecular flexibility index (Phi) is 78.4. The molecule has 0 heterocycles. The number of nitrogen functional groups attached to an aromatic ring is 1. The summed E-state index contributed by atoms with van der Waals surface area (Å²) in [6.07, 6.45) is 9.60. The Morgan fingerprint density at radius 2 is 0.750 bits per heavy atom. The molecule has 0 amide bonds. The molecule has 26 heteroatoms. The van der Waals surface area contributed by atoms with Gasteiger partial charge in [-0.1, -0.05) is 116 Å². The van der Waals surface area contributed by atoms with Crippen molar-refractivity contribution in [3.05, 3.63) is 114 Å². The maximum absolute atomic E-state index is 7.42. The number of benzene rings is 3. The first-order valence-electron chi connectivity index (χ1n) is 17.9. The monoisotopic (exact) mass is 1900 g/mol. The number of nitrogens with two attached hydrogens (primary N) is 3. The van der Waals surface area contributed by atoms with Crippen LogP contribution < -0.4 is 17.2 Å². The van der Waals surface area contributed by atoms with Gasteiger partial charge in [-0.05, 0) is 45.7 Å². The van der Waals surface area contributed by atoms with Crippen LogP contribution in [0.3, 0.4) is 0 Å². The van der Waals surface area contributed by atoms with Gasteiger partial charge >= 0.3 is 296 Å². The van der Waals surface area contributed by atoms with E-state index in [2.05, 4.69) is 6.92 Å². The maximum atomic E-state index is 7.42. The van der Waals surface area contributed by atoms with Crippen molar-refractivity contribution < 1.29 is 56.8 Å². The molecule has 0 radical (unpaired) electrons. The Morgan fingerprint density at radius 1 is 0.533 bits per heavy atom. The minimum atomic E-state index is -3.06. The van der Waals surface area contributed by atoms with Crippen LogP contribution >= 0.6 is 113 Å². The molecule has 2 fully saturated rings. The summed E-state index contributed by atoms with van der Waals surface area (Å²) in [6, 6.07) is 23.4. The number of hydrogen-bond donors (Lipinski definition) is 3. The van der Waals surface area contributed by atoms with Crippen molar-refractivity contribution in [2.75, 3.05) is 5.73 Å². The van der Waals surface area contributed by atoms with Gasteiger partial charge in [0.05, 0.1) is 0 Å². The summed E-state index contributed by atoms with van der Waals surface area (Å²) in [5.41, 5.74) is 44.0. The van der Waals surface area contributed by atoms with E-state index in [0.29, 0.717) is 17.3 Å². The van der Waals surface area contributed by atoms with Crippen LogP contribution in [0.1, 0.15) is 68.1 Å². The first-order valence-corrected chi connectivity index (χ1v) is 83.6. The molecule has 2 aliphatic carbocycles. The number of hydrogen-bond acceptors (Lipinski definition) is 3. The number of halogens is 12. The predicted molar refractivity (Wildman–Crippen MR) is 269 cm³/mol. The van der Waals surface area contributed by atoms with Crippen LogP contribution in [0, 0.1) is 33.6 Å². The second-order valence-electron chi connectivity index (χ2n) is 11.5. The second kappa shape index (κ2) is 58.0. The third-order valence-corrected chi connectivity index (χ3v) is 6.96. The summed E-state index contributed by atoms with van der Waals surface area (Å²) in [5.74, 6) is 0.420. The van der Waals surface area contributed by atoms with E-state index in [1.807, 2.05) is 69.3 Å². The molecule has 60 heavy (non-hydrogen) atoms. The van der Waals surface area contributed by atoms with E-state index in [9.17, 15) is 0 Å². The molecule has 9 N–H and O–H groups in total.